The maximum atomic E-state index is 12.7. The Morgan fingerprint density at radius 3 is 2.29 bits per heavy atom. The van der Waals surface area contributed by atoms with Crippen LogP contribution in [0.1, 0.15) is 33.6 Å². The van der Waals surface area contributed by atoms with Crippen molar-refractivity contribution in [3.05, 3.63) is 16.0 Å². The molecule has 21 heavy (non-hydrogen) atoms. The average molecular weight is 342 g/mol. The van der Waals surface area contributed by atoms with Crippen LogP contribution in [-0.2, 0) is 17.3 Å². The zero-order valence-corrected chi connectivity index (χ0v) is 16.9. The van der Waals surface area contributed by atoms with Crippen molar-refractivity contribution in [3.63, 3.8) is 0 Å². The molecule has 0 saturated carbocycles. The highest BCUT2D eigenvalue weighted by molar-refractivity contribution is 7.17. The van der Waals surface area contributed by atoms with E-state index in [2.05, 4.69) is 44.3 Å². The summed E-state index contributed by atoms with van der Waals surface area (Å²) >= 11 is 1.78. The number of anilines is 1. The quantitative estimate of drug-likeness (QED) is 0.794. The van der Waals surface area contributed by atoms with Crippen LogP contribution in [0.25, 0.3) is 0 Å². The van der Waals surface area contributed by atoms with Crippen LogP contribution in [0.3, 0.4) is 0 Å². The summed E-state index contributed by atoms with van der Waals surface area (Å²) in [6.45, 7) is 13.0. The van der Waals surface area contributed by atoms with E-state index in [0.717, 1.165) is 23.4 Å². The van der Waals surface area contributed by atoms with Crippen molar-refractivity contribution in [1.29, 1.82) is 0 Å². The summed E-state index contributed by atoms with van der Waals surface area (Å²) in [4.78, 5) is 17.7. The van der Waals surface area contributed by atoms with Crippen molar-refractivity contribution in [1.82, 2.24) is 0 Å². The summed E-state index contributed by atoms with van der Waals surface area (Å²) in [5.74, 6) is -0.102. The molecule has 1 aromatic heterocycles. The molecule has 0 aliphatic heterocycles. The topological polar surface area (TPSA) is 38.3 Å². The molecule has 0 amide bonds. The molecule has 1 aliphatic carbocycles. The van der Waals surface area contributed by atoms with Crippen LogP contribution in [0.5, 0.6) is 0 Å². The van der Waals surface area contributed by atoms with Gasteiger partial charge in [-0.2, -0.15) is 0 Å². The molecule has 3 nitrogen and oxygen atoms in total. The van der Waals surface area contributed by atoms with Gasteiger partial charge in [0.15, 0.2) is 0 Å². The van der Waals surface area contributed by atoms with E-state index in [1.807, 2.05) is 0 Å². The maximum absolute atomic E-state index is 12.7. The number of fused-ring (bicyclic) bond motifs is 1. The second kappa shape index (κ2) is 5.89. The molecular weight excluding hydrogens is 314 g/mol. The predicted octanol–water partition coefficient (Wildman–Crippen LogP) is 4.87. The summed E-state index contributed by atoms with van der Waals surface area (Å²) < 4.78 is 5.79. The van der Waals surface area contributed by atoms with Gasteiger partial charge in [0.2, 0.25) is 8.32 Å². The van der Waals surface area contributed by atoms with Gasteiger partial charge >= 0.3 is 5.97 Å². The van der Waals surface area contributed by atoms with E-state index in [4.69, 9.17) is 4.43 Å². The number of hydrogen-bond donors (Lipinski definition) is 1. The first-order valence-electron chi connectivity index (χ1n) is 7.73. The van der Waals surface area contributed by atoms with Gasteiger partial charge in [-0.15, -0.1) is 11.3 Å². The zero-order chi connectivity index (χ0) is 15.8. The SMILES string of the molecule is C[Si](C)(C)Nc1sc2c(c1C(=O)O[Si](C)(C)C)CCCC2. The predicted molar refractivity (Wildman–Crippen MR) is 96.7 cm³/mol. The lowest BCUT2D eigenvalue weighted by Crippen LogP contribution is -2.34. The largest absolute Gasteiger partial charge is 0.516 e. The molecule has 1 aromatic rings. The first-order valence-corrected chi connectivity index (χ1v) is 15.5. The fourth-order valence-corrected chi connectivity index (χ4v) is 6.26. The maximum Gasteiger partial charge on any atom is 0.328 e. The van der Waals surface area contributed by atoms with Gasteiger partial charge in [0.25, 0.3) is 0 Å². The highest BCUT2D eigenvalue weighted by Gasteiger charge is 2.31. The number of rotatable bonds is 4. The van der Waals surface area contributed by atoms with Gasteiger partial charge < -0.3 is 9.41 Å². The van der Waals surface area contributed by atoms with Gasteiger partial charge in [0, 0.05) is 4.88 Å². The normalized spacial score (nSPS) is 15.5. The summed E-state index contributed by atoms with van der Waals surface area (Å²) in [5.41, 5.74) is 2.11. The molecule has 0 radical (unpaired) electrons. The molecule has 118 valence electrons. The number of nitrogens with one attached hydrogen (secondary N) is 1. The van der Waals surface area contributed by atoms with E-state index >= 15 is 0 Å². The Balaban J connectivity index is 2.40. The number of aryl methyl sites for hydroxylation is 1. The third-order valence-corrected chi connectivity index (χ3v) is 6.45. The second-order valence-corrected chi connectivity index (χ2v) is 18.1. The third-order valence-electron chi connectivity index (χ3n) is 3.26. The Labute approximate surface area is 134 Å². The van der Waals surface area contributed by atoms with Gasteiger partial charge in [-0.25, -0.2) is 4.79 Å². The Kier molecular flexibility index (Phi) is 4.70. The molecule has 2 rings (SSSR count). The minimum atomic E-state index is -1.86. The number of carbonyl (C=O) groups excluding carboxylic acids is 1. The van der Waals surface area contributed by atoms with Crippen LogP contribution in [-0.4, -0.2) is 22.5 Å². The number of hydrogen-bond acceptors (Lipinski definition) is 4. The van der Waals surface area contributed by atoms with Gasteiger partial charge in [0.1, 0.15) is 8.24 Å². The molecule has 0 unspecified atom stereocenters. The molecule has 1 heterocycles. The standard InChI is InChI=1S/C15H27NO2SSi2/c1-20(2,3)16-14-13(15(17)18-21(4,5)6)11-9-7-8-10-12(11)19-14/h16H,7-10H2,1-6H3. The Hall–Kier alpha value is -0.596. The van der Waals surface area contributed by atoms with Crippen molar-refractivity contribution in [2.24, 2.45) is 0 Å². The first-order chi connectivity index (χ1) is 9.57. The summed E-state index contributed by atoms with van der Waals surface area (Å²) in [7, 11) is -3.35. The Morgan fingerprint density at radius 1 is 1.10 bits per heavy atom. The number of carbonyl (C=O) groups is 1. The smallest absolute Gasteiger partial charge is 0.328 e. The average Bonchev–Trinajstić information content (AvgIpc) is 2.61. The number of thiophene rings is 1. The van der Waals surface area contributed by atoms with Crippen molar-refractivity contribution in [2.75, 3.05) is 4.98 Å². The molecular formula is C15H27NO2SSi2. The Morgan fingerprint density at radius 2 is 1.71 bits per heavy atom. The van der Waals surface area contributed by atoms with E-state index in [0.29, 0.717) is 0 Å². The molecule has 0 saturated heterocycles. The highest BCUT2D eigenvalue weighted by Crippen LogP contribution is 2.39. The van der Waals surface area contributed by atoms with E-state index < -0.39 is 16.6 Å². The molecule has 0 bridgehead atoms. The zero-order valence-electron chi connectivity index (χ0n) is 14.1. The molecule has 0 fully saturated rings. The lowest BCUT2D eigenvalue weighted by Gasteiger charge is -2.22. The van der Waals surface area contributed by atoms with E-state index in [-0.39, 0.29) is 5.97 Å². The molecule has 1 aliphatic rings. The molecule has 1 N–H and O–H groups in total. The second-order valence-electron chi connectivity index (χ2n) is 7.79. The molecule has 0 aromatic carbocycles. The van der Waals surface area contributed by atoms with Crippen LogP contribution < -0.4 is 4.98 Å². The fraction of sp³-hybridized carbons (Fsp3) is 0.667. The Bertz CT molecular complexity index is 541. The fourth-order valence-electron chi connectivity index (χ4n) is 2.54. The van der Waals surface area contributed by atoms with Gasteiger partial charge in [-0.3, -0.25) is 0 Å². The monoisotopic (exact) mass is 341 g/mol. The minimum Gasteiger partial charge on any atom is -0.516 e. The summed E-state index contributed by atoms with van der Waals surface area (Å²) in [5, 5.41) is 1.06. The van der Waals surface area contributed by atoms with Gasteiger partial charge in [-0.1, -0.05) is 19.6 Å². The van der Waals surface area contributed by atoms with Crippen molar-refractivity contribution in [3.8, 4) is 0 Å². The molecule has 0 spiro atoms. The summed E-state index contributed by atoms with van der Waals surface area (Å²) in [6.07, 6.45) is 4.56. The highest BCUT2D eigenvalue weighted by atomic mass is 32.1. The lowest BCUT2D eigenvalue weighted by molar-refractivity contribution is 0.0725. The summed E-state index contributed by atoms with van der Waals surface area (Å²) in [6, 6.07) is 0. The van der Waals surface area contributed by atoms with E-state index in [1.54, 1.807) is 11.3 Å². The molecule has 0 atom stereocenters. The van der Waals surface area contributed by atoms with Crippen LogP contribution in [0.2, 0.25) is 39.3 Å². The van der Waals surface area contributed by atoms with Gasteiger partial charge in [0.05, 0.1) is 10.6 Å². The van der Waals surface area contributed by atoms with E-state index in [9.17, 15) is 4.79 Å². The van der Waals surface area contributed by atoms with Crippen LogP contribution in [0.4, 0.5) is 5.00 Å². The third kappa shape index (κ3) is 4.43. The van der Waals surface area contributed by atoms with Gasteiger partial charge in [-0.05, 0) is 50.9 Å². The van der Waals surface area contributed by atoms with Crippen molar-refractivity contribution >= 4 is 38.9 Å². The van der Waals surface area contributed by atoms with Crippen LogP contribution >= 0.6 is 11.3 Å². The van der Waals surface area contributed by atoms with Crippen molar-refractivity contribution in [2.45, 2.75) is 65.0 Å². The minimum absolute atomic E-state index is 0.102. The van der Waals surface area contributed by atoms with Crippen LogP contribution in [0.15, 0.2) is 0 Å². The van der Waals surface area contributed by atoms with Crippen LogP contribution in [0, 0.1) is 0 Å². The van der Waals surface area contributed by atoms with E-state index in [1.165, 1.54) is 23.3 Å². The first kappa shape index (κ1) is 16.8. The van der Waals surface area contributed by atoms with Crippen molar-refractivity contribution < 1.29 is 9.22 Å². The molecule has 6 heteroatoms. The lowest BCUT2D eigenvalue weighted by atomic mass is 9.96.